The van der Waals surface area contributed by atoms with Crippen molar-refractivity contribution < 1.29 is 24.8 Å². The molecular weight excluding hydrogens is 236 g/mol. The van der Waals surface area contributed by atoms with Crippen LogP contribution in [0.1, 0.15) is 12.0 Å². The summed E-state index contributed by atoms with van der Waals surface area (Å²) in [6.07, 6.45) is -2.72. The minimum absolute atomic E-state index is 0.371. The third-order valence-electron chi connectivity index (χ3n) is 3.02. The minimum atomic E-state index is -1.06. The second kappa shape index (κ2) is 6.26. The van der Waals surface area contributed by atoms with E-state index in [-0.39, 0.29) is 6.61 Å². The van der Waals surface area contributed by atoms with Crippen molar-refractivity contribution in [3.05, 3.63) is 35.9 Å². The summed E-state index contributed by atoms with van der Waals surface area (Å²) in [4.78, 5) is 0. The molecule has 18 heavy (non-hydrogen) atoms. The number of ether oxygens (including phenoxy) is 2. The van der Waals surface area contributed by atoms with Crippen LogP contribution in [-0.4, -0.2) is 46.5 Å². The number of hydrogen-bond acceptors (Lipinski definition) is 5. The predicted octanol–water partition coefficient (Wildman–Crippen LogP) is 0.0323. The van der Waals surface area contributed by atoms with Crippen LogP contribution in [0.2, 0.25) is 0 Å². The molecule has 1 aliphatic heterocycles. The number of hydrogen-bond donors (Lipinski definition) is 3. The van der Waals surface area contributed by atoms with Crippen LogP contribution in [0.25, 0.3) is 0 Å². The molecule has 0 unspecified atom stereocenters. The number of rotatable bonds is 5. The van der Waals surface area contributed by atoms with Gasteiger partial charge in [-0.2, -0.15) is 0 Å². The van der Waals surface area contributed by atoms with Crippen molar-refractivity contribution in [3.63, 3.8) is 0 Å². The third kappa shape index (κ3) is 3.28. The lowest BCUT2D eigenvalue weighted by Gasteiger charge is -2.14. The molecule has 4 atom stereocenters. The van der Waals surface area contributed by atoms with E-state index in [0.717, 1.165) is 5.56 Å². The van der Waals surface area contributed by atoms with E-state index in [2.05, 4.69) is 0 Å². The quantitative estimate of drug-likeness (QED) is 0.691. The molecule has 100 valence electrons. The standard InChI is InChI=1S/C13H18O5/c14-7-10(15)11-6-12(13(16)18-11)17-8-9-4-2-1-3-5-9/h1-5,10-16H,6-8H2/t10-,11-,12-,13-/m0/s1. The van der Waals surface area contributed by atoms with Crippen LogP contribution < -0.4 is 0 Å². The Balaban J connectivity index is 1.83. The largest absolute Gasteiger partial charge is 0.394 e. The van der Waals surface area contributed by atoms with Crippen molar-refractivity contribution >= 4 is 0 Å². The van der Waals surface area contributed by atoms with Gasteiger partial charge in [-0.1, -0.05) is 30.3 Å². The Morgan fingerprint density at radius 2 is 2.06 bits per heavy atom. The molecule has 0 saturated carbocycles. The van der Waals surface area contributed by atoms with E-state index in [0.29, 0.717) is 13.0 Å². The summed E-state index contributed by atoms with van der Waals surface area (Å²) in [6.45, 7) is -0.00331. The van der Waals surface area contributed by atoms with Crippen molar-refractivity contribution in [2.24, 2.45) is 0 Å². The lowest BCUT2D eigenvalue weighted by Crippen LogP contribution is -2.29. The zero-order valence-corrected chi connectivity index (χ0v) is 9.98. The molecule has 0 spiro atoms. The first-order valence-electron chi connectivity index (χ1n) is 5.98. The van der Waals surface area contributed by atoms with E-state index >= 15 is 0 Å². The molecule has 1 fully saturated rings. The normalized spacial score (nSPS) is 29.4. The van der Waals surface area contributed by atoms with Crippen LogP contribution in [0.15, 0.2) is 30.3 Å². The highest BCUT2D eigenvalue weighted by Gasteiger charge is 2.38. The van der Waals surface area contributed by atoms with Gasteiger partial charge in [0.1, 0.15) is 12.2 Å². The zero-order valence-electron chi connectivity index (χ0n) is 9.98. The first-order chi connectivity index (χ1) is 8.70. The number of aliphatic hydroxyl groups excluding tert-OH is 3. The molecule has 1 aromatic carbocycles. The molecule has 5 nitrogen and oxygen atoms in total. The molecule has 0 bridgehead atoms. The lowest BCUT2D eigenvalue weighted by molar-refractivity contribution is -0.160. The lowest BCUT2D eigenvalue weighted by atomic mass is 10.1. The van der Waals surface area contributed by atoms with Crippen molar-refractivity contribution in [1.82, 2.24) is 0 Å². The molecule has 5 heteroatoms. The molecule has 0 radical (unpaired) electrons. The van der Waals surface area contributed by atoms with Gasteiger partial charge in [0.15, 0.2) is 6.29 Å². The van der Waals surface area contributed by atoms with Crippen LogP contribution in [0, 0.1) is 0 Å². The molecule has 3 N–H and O–H groups in total. The van der Waals surface area contributed by atoms with Gasteiger partial charge in [0, 0.05) is 6.42 Å². The maximum Gasteiger partial charge on any atom is 0.181 e. The van der Waals surface area contributed by atoms with Crippen LogP contribution >= 0.6 is 0 Å². The van der Waals surface area contributed by atoms with Crippen molar-refractivity contribution in [2.45, 2.75) is 37.6 Å². The highest BCUT2D eigenvalue weighted by atomic mass is 16.7. The van der Waals surface area contributed by atoms with Gasteiger partial charge in [0.25, 0.3) is 0 Å². The van der Waals surface area contributed by atoms with E-state index in [4.69, 9.17) is 14.6 Å². The molecule has 1 heterocycles. The average Bonchev–Trinajstić information content (AvgIpc) is 2.78. The maximum absolute atomic E-state index is 9.64. The topological polar surface area (TPSA) is 79.2 Å². The molecule has 0 aliphatic carbocycles. The van der Waals surface area contributed by atoms with E-state index < -0.39 is 24.6 Å². The highest BCUT2D eigenvalue weighted by molar-refractivity contribution is 5.13. The maximum atomic E-state index is 9.64. The predicted molar refractivity (Wildman–Crippen MR) is 63.6 cm³/mol. The molecule has 1 aromatic rings. The zero-order chi connectivity index (χ0) is 13.0. The van der Waals surface area contributed by atoms with Crippen LogP contribution in [0.5, 0.6) is 0 Å². The summed E-state index contributed by atoms with van der Waals surface area (Å²) in [5.41, 5.74) is 1.01. The van der Waals surface area contributed by atoms with E-state index in [1.54, 1.807) is 0 Å². The smallest absolute Gasteiger partial charge is 0.181 e. The van der Waals surface area contributed by atoms with E-state index in [1.807, 2.05) is 30.3 Å². The summed E-state index contributed by atoms with van der Waals surface area (Å²) in [7, 11) is 0. The summed E-state index contributed by atoms with van der Waals surface area (Å²) >= 11 is 0. The fourth-order valence-electron chi connectivity index (χ4n) is 1.96. The van der Waals surface area contributed by atoms with Gasteiger partial charge < -0.3 is 24.8 Å². The molecule has 0 aromatic heterocycles. The summed E-state index contributed by atoms with van der Waals surface area (Å²) in [5, 5.41) is 27.9. The molecule has 1 aliphatic rings. The Morgan fingerprint density at radius 3 is 2.72 bits per heavy atom. The van der Waals surface area contributed by atoms with E-state index in [1.165, 1.54) is 0 Å². The molecule has 0 amide bonds. The Morgan fingerprint density at radius 1 is 1.33 bits per heavy atom. The van der Waals surface area contributed by atoms with Gasteiger partial charge in [0.05, 0.1) is 19.3 Å². The number of benzene rings is 1. The number of aliphatic hydroxyl groups is 3. The van der Waals surface area contributed by atoms with Crippen molar-refractivity contribution in [2.75, 3.05) is 6.61 Å². The first kappa shape index (κ1) is 13.5. The van der Waals surface area contributed by atoms with Crippen LogP contribution in [-0.2, 0) is 16.1 Å². The Kier molecular flexibility index (Phi) is 4.68. The van der Waals surface area contributed by atoms with Crippen LogP contribution in [0.4, 0.5) is 0 Å². The fourth-order valence-corrected chi connectivity index (χ4v) is 1.96. The van der Waals surface area contributed by atoms with Gasteiger partial charge in [-0.3, -0.25) is 0 Å². The summed E-state index contributed by atoms with van der Waals surface area (Å²) < 4.78 is 10.7. The second-order valence-electron chi connectivity index (χ2n) is 4.39. The molecule has 2 rings (SSSR count). The highest BCUT2D eigenvalue weighted by Crippen LogP contribution is 2.24. The Bertz CT molecular complexity index is 356. The van der Waals surface area contributed by atoms with Gasteiger partial charge >= 0.3 is 0 Å². The SMILES string of the molecule is OC[C@H](O)[C@@H]1C[C@H](OCc2ccccc2)[C@@H](O)O1. The van der Waals surface area contributed by atoms with Gasteiger partial charge in [0.2, 0.25) is 0 Å². The molecule has 1 saturated heterocycles. The van der Waals surface area contributed by atoms with Crippen molar-refractivity contribution in [1.29, 1.82) is 0 Å². The second-order valence-corrected chi connectivity index (χ2v) is 4.39. The Labute approximate surface area is 106 Å². The fraction of sp³-hybridized carbons (Fsp3) is 0.538. The van der Waals surface area contributed by atoms with Gasteiger partial charge in [-0.15, -0.1) is 0 Å². The third-order valence-corrected chi connectivity index (χ3v) is 3.02. The van der Waals surface area contributed by atoms with Gasteiger partial charge in [-0.05, 0) is 5.56 Å². The van der Waals surface area contributed by atoms with Crippen molar-refractivity contribution in [3.8, 4) is 0 Å². The van der Waals surface area contributed by atoms with E-state index in [9.17, 15) is 10.2 Å². The average molecular weight is 254 g/mol. The van der Waals surface area contributed by atoms with Crippen LogP contribution in [0.3, 0.4) is 0 Å². The first-order valence-corrected chi connectivity index (χ1v) is 5.98. The van der Waals surface area contributed by atoms with Gasteiger partial charge in [-0.25, -0.2) is 0 Å². The molecular formula is C13H18O5. The summed E-state index contributed by atoms with van der Waals surface area (Å²) in [6, 6.07) is 9.62. The summed E-state index contributed by atoms with van der Waals surface area (Å²) in [5.74, 6) is 0. The monoisotopic (exact) mass is 254 g/mol. The Hall–Kier alpha value is -0.980. The minimum Gasteiger partial charge on any atom is -0.394 e.